The van der Waals surface area contributed by atoms with E-state index in [1.54, 1.807) is 0 Å². The van der Waals surface area contributed by atoms with Crippen LogP contribution < -0.4 is 16.0 Å². The van der Waals surface area contributed by atoms with Gasteiger partial charge in [-0.2, -0.15) is 0 Å². The maximum Gasteiger partial charge on any atom is 0.237 e. The molecule has 8 heteroatoms. The summed E-state index contributed by atoms with van der Waals surface area (Å²) in [6.07, 6.45) is 8.03. The van der Waals surface area contributed by atoms with Crippen LogP contribution in [0.4, 0.5) is 0 Å². The summed E-state index contributed by atoms with van der Waals surface area (Å²) in [6.45, 7) is 3.27. The van der Waals surface area contributed by atoms with Crippen LogP contribution in [0, 0.1) is 0 Å². The third-order valence-corrected chi connectivity index (χ3v) is 6.51. The Balaban J connectivity index is 1.29. The molecule has 0 bridgehead atoms. The Morgan fingerprint density at radius 1 is 1.15 bits per heavy atom. The Morgan fingerprint density at radius 2 is 1.89 bits per heavy atom. The fourth-order valence-electron chi connectivity index (χ4n) is 4.58. The van der Waals surface area contributed by atoms with E-state index in [4.69, 9.17) is 12.2 Å². The van der Waals surface area contributed by atoms with E-state index >= 15 is 0 Å². The van der Waals surface area contributed by atoms with Crippen molar-refractivity contribution in [3.8, 4) is 0 Å². The van der Waals surface area contributed by atoms with Crippen LogP contribution >= 0.6 is 12.2 Å². The van der Waals surface area contributed by atoms with E-state index < -0.39 is 0 Å². The minimum absolute atomic E-state index is 0.102. The van der Waals surface area contributed by atoms with E-state index in [1.165, 1.54) is 19.3 Å². The number of nitrogens with one attached hydrogen (secondary N) is 3. The van der Waals surface area contributed by atoms with Crippen molar-refractivity contribution in [3.05, 3.63) is 0 Å². The third kappa shape index (κ3) is 4.71. The molecule has 7 nitrogen and oxygen atoms in total. The molecule has 2 amide bonds. The average Bonchev–Trinajstić information content (AvgIpc) is 3.37. The second-order valence-corrected chi connectivity index (χ2v) is 8.82. The fourth-order valence-corrected chi connectivity index (χ4v) is 4.91. The maximum atomic E-state index is 12.5. The topological polar surface area (TPSA) is 76.7 Å². The molecule has 4 aliphatic rings. The zero-order valence-electron chi connectivity index (χ0n) is 15.9. The normalized spacial score (nSPS) is 31.2. The number of carbonyl (C=O) groups excluding carboxylic acids is 2. The molecule has 0 aromatic heterocycles. The van der Waals surface area contributed by atoms with E-state index in [9.17, 15) is 9.59 Å². The summed E-state index contributed by atoms with van der Waals surface area (Å²) in [7, 11) is 0. The van der Waals surface area contributed by atoms with Gasteiger partial charge in [-0.1, -0.05) is 0 Å². The fraction of sp³-hybridized carbons (Fsp3) is 0.842. The van der Waals surface area contributed by atoms with Crippen LogP contribution in [0.2, 0.25) is 0 Å². The molecule has 1 aliphatic carbocycles. The average molecular weight is 394 g/mol. The third-order valence-electron chi connectivity index (χ3n) is 6.27. The molecule has 4 rings (SSSR count). The zero-order chi connectivity index (χ0) is 18.8. The van der Waals surface area contributed by atoms with Crippen LogP contribution in [0.1, 0.15) is 51.4 Å². The molecule has 0 aromatic rings. The Kier molecular flexibility index (Phi) is 5.82. The number of hydrogen-bond donors (Lipinski definition) is 3. The van der Waals surface area contributed by atoms with Gasteiger partial charge in [0.1, 0.15) is 0 Å². The summed E-state index contributed by atoms with van der Waals surface area (Å²) in [5, 5.41) is 10.4. The summed E-state index contributed by atoms with van der Waals surface area (Å²) >= 11 is 5.40. The SMILES string of the molecule is O=C1NCC(CCC(=O)N2CCCCC2)N2CC(NC(=S)NC3CC3)CC12. The minimum Gasteiger partial charge on any atom is -0.360 e. The lowest BCUT2D eigenvalue weighted by atomic mass is 10.0. The van der Waals surface area contributed by atoms with Gasteiger partial charge in [0.05, 0.1) is 6.04 Å². The van der Waals surface area contributed by atoms with Gasteiger partial charge in [-0.3, -0.25) is 14.5 Å². The highest BCUT2D eigenvalue weighted by Gasteiger charge is 2.43. The Hall–Kier alpha value is -1.41. The van der Waals surface area contributed by atoms with Crippen LogP contribution in [-0.2, 0) is 9.59 Å². The van der Waals surface area contributed by atoms with Gasteiger partial charge >= 0.3 is 0 Å². The van der Waals surface area contributed by atoms with Crippen molar-refractivity contribution in [1.29, 1.82) is 0 Å². The number of carbonyl (C=O) groups is 2. The molecule has 150 valence electrons. The summed E-state index contributed by atoms with van der Waals surface area (Å²) in [4.78, 5) is 29.1. The Morgan fingerprint density at radius 3 is 2.63 bits per heavy atom. The van der Waals surface area contributed by atoms with Gasteiger partial charge in [-0.25, -0.2) is 0 Å². The second-order valence-electron chi connectivity index (χ2n) is 8.42. The van der Waals surface area contributed by atoms with Crippen molar-refractivity contribution in [1.82, 2.24) is 25.8 Å². The molecule has 3 unspecified atom stereocenters. The highest BCUT2D eigenvalue weighted by Crippen LogP contribution is 2.26. The van der Waals surface area contributed by atoms with Crippen molar-refractivity contribution in [2.24, 2.45) is 0 Å². The highest BCUT2D eigenvalue weighted by molar-refractivity contribution is 7.80. The van der Waals surface area contributed by atoms with Crippen LogP contribution in [0.5, 0.6) is 0 Å². The monoisotopic (exact) mass is 393 g/mol. The van der Waals surface area contributed by atoms with Crippen LogP contribution in [0.15, 0.2) is 0 Å². The van der Waals surface area contributed by atoms with E-state index in [0.717, 1.165) is 45.3 Å². The first kappa shape index (κ1) is 18.9. The van der Waals surface area contributed by atoms with Gasteiger partial charge in [-0.05, 0) is 57.2 Å². The summed E-state index contributed by atoms with van der Waals surface area (Å²) < 4.78 is 0. The standard InChI is InChI=1S/C19H31N5O2S/c25-17(23-8-2-1-3-9-23)7-6-15-11-20-18(26)16-10-14(12-24(15)16)22-19(27)21-13-4-5-13/h13-16H,1-12H2,(H,20,26)(H2,21,22,27). The van der Waals surface area contributed by atoms with Gasteiger partial charge < -0.3 is 20.9 Å². The summed E-state index contributed by atoms with van der Waals surface area (Å²) in [5.41, 5.74) is 0. The van der Waals surface area contributed by atoms with Crippen LogP contribution in [0.25, 0.3) is 0 Å². The molecule has 0 aromatic carbocycles. The van der Waals surface area contributed by atoms with Gasteiger partial charge in [0.15, 0.2) is 5.11 Å². The molecule has 4 fully saturated rings. The smallest absolute Gasteiger partial charge is 0.237 e. The lowest BCUT2D eigenvalue weighted by Gasteiger charge is -2.37. The maximum absolute atomic E-state index is 12.5. The van der Waals surface area contributed by atoms with E-state index in [-0.39, 0.29) is 29.9 Å². The molecule has 3 heterocycles. The van der Waals surface area contributed by atoms with Crippen molar-refractivity contribution >= 4 is 29.1 Å². The first-order valence-electron chi connectivity index (χ1n) is 10.5. The van der Waals surface area contributed by atoms with E-state index in [1.807, 2.05) is 4.90 Å². The van der Waals surface area contributed by atoms with Crippen molar-refractivity contribution in [2.75, 3.05) is 26.2 Å². The summed E-state index contributed by atoms with van der Waals surface area (Å²) in [5.74, 6) is 0.380. The Bertz CT molecular complexity index is 591. The second kappa shape index (κ2) is 8.31. The van der Waals surface area contributed by atoms with Gasteiger partial charge in [0.25, 0.3) is 0 Å². The number of amides is 2. The molecule has 3 N–H and O–H groups in total. The number of nitrogens with zero attached hydrogens (tertiary/aromatic N) is 2. The predicted octanol–water partition coefficient (Wildman–Crippen LogP) is 0.347. The molecule has 0 spiro atoms. The number of thiocarbonyl (C=S) groups is 1. The number of hydrogen-bond acceptors (Lipinski definition) is 4. The number of piperidine rings is 1. The van der Waals surface area contributed by atoms with Crippen LogP contribution in [0.3, 0.4) is 0 Å². The molecular formula is C19H31N5O2S. The van der Waals surface area contributed by atoms with E-state index in [0.29, 0.717) is 24.1 Å². The largest absolute Gasteiger partial charge is 0.360 e. The van der Waals surface area contributed by atoms with E-state index in [2.05, 4.69) is 20.9 Å². The lowest BCUT2D eigenvalue weighted by Crippen LogP contribution is -2.58. The Labute approximate surface area is 166 Å². The summed E-state index contributed by atoms with van der Waals surface area (Å²) in [6, 6.07) is 0.858. The number of rotatable bonds is 5. The number of piperazine rings is 1. The first-order chi connectivity index (χ1) is 13.1. The molecule has 3 aliphatic heterocycles. The van der Waals surface area contributed by atoms with Crippen molar-refractivity contribution in [2.45, 2.75) is 75.5 Å². The van der Waals surface area contributed by atoms with Crippen LogP contribution in [-0.4, -0.2) is 77.1 Å². The molecule has 0 radical (unpaired) electrons. The van der Waals surface area contributed by atoms with Gasteiger partial charge in [0, 0.05) is 50.7 Å². The molecule has 27 heavy (non-hydrogen) atoms. The zero-order valence-corrected chi connectivity index (χ0v) is 16.7. The van der Waals surface area contributed by atoms with Crippen molar-refractivity contribution < 1.29 is 9.59 Å². The van der Waals surface area contributed by atoms with Gasteiger partial charge in [-0.15, -0.1) is 0 Å². The molecule has 3 saturated heterocycles. The minimum atomic E-state index is -0.102. The van der Waals surface area contributed by atoms with Crippen molar-refractivity contribution in [3.63, 3.8) is 0 Å². The molecular weight excluding hydrogens is 362 g/mol. The first-order valence-corrected chi connectivity index (χ1v) is 10.9. The highest BCUT2D eigenvalue weighted by atomic mass is 32.1. The van der Waals surface area contributed by atoms with Gasteiger partial charge in [0.2, 0.25) is 11.8 Å². The number of fused-ring (bicyclic) bond motifs is 1. The predicted molar refractivity (Wildman–Crippen MR) is 107 cm³/mol. The number of likely N-dealkylation sites (tertiary alicyclic amines) is 1. The lowest BCUT2D eigenvalue weighted by molar-refractivity contribution is -0.133. The quantitative estimate of drug-likeness (QED) is 0.585. The molecule has 1 saturated carbocycles. The molecule has 3 atom stereocenters.